The summed E-state index contributed by atoms with van der Waals surface area (Å²) in [5, 5.41) is 0. The number of rotatable bonds is 4. The Morgan fingerprint density at radius 1 is 1.03 bits per heavy atom. The molecule has 4 nitrogen and oxygen atoms in total. The summed E-state index contributed by atoms with van der Waals surface area (Å²) in [5.41, 5.74) is 8.38. The van der Waals surface area contributed by atoms with E-state index in [1.807, 2.05) is 11.0 Å². The van der Waals surface area contributed by atoms with Gasteiger partial charge in [-0.3, -0.25) is 0 Å². The third-order valence-electron chi connectivity index (χ3n) is 6.98. The zero-order valence-corrected chi connectivity index (χ0v) is 20.2. The highest BCUT2D eigenvalue weighted by Crippen LogP contribution is 2.44. The predicted molar refractivity (Wildman–Crippen MR) is 140 cm³/mol. The summed E-state index contributed by atoms with van der Waals surface area (Å²) < 4.78 is 5.85. The molecule has 0 aromatic heterocycles. The quantitative estimate of drug-likeness (QED) is 0.404. The summed E-state index contributed by atoms with van der Waals surface area (Å²) in [7, 11) is 0. The Morgan fingerprint density at radius 3 is 2.26 bits per heavy atom. The van der Waals surface area contributed by atoms with Crippen molar-refractivity contribution >= 4 is 24.4 Å². The van der Waals surface area contributed by atoms with Crippen LogP contribution in [0.15, 0.2) is 65.6 Å². The van der Waals surface area contributed by atoms with E-state index in [0.29, 0.717) is 26.1 Å². The van der Waals surface area contributed by atoms with Crippen molar-refractivity contribution in [2.45, 2.75) is 24.2 Å². The van der Waals surface area contributed by atoms with Gasteiger partial charge in [0.25, 0.3) is 0 Å². The van der Waals surface area contributed by atoms with Gasteiger partial charge in [-0.15, -0.1) is 25.0 Å². The molecule has 1 saturated heterocycles. The zero-order valence-electron chi connectivity index (χ0n) is 19.3. The molecule has 0 N–H and O–H groups in total. The molecule has 3 aromatic carbocycles. The molecule has 1 heterocycles. The number of terminal acetylenes is 1. The van der Waals surface area contributed by atoms with Crippen LogP contribution in [-0.2, 0) is 11.2 Å². The first-order valence-corrected chi connectivity index (χ1v) is 12.1. The highest BCUT2D eigenvalue weighted by molar-refractivity contribution is 7.80. The van der Waals surface area contributed by atoms with E-state index in [1.54, 1.807) is 0 Å². The smallest absolute Gasteiger partial charge is 0.409 e. The van der Waals surface area contributed by atoms with Crippen molar-refractivity contribution in [1.29, 1.82) is 0 Å². The summed E-state index contributed by atoms with van der Waals surface area (Å²) in [5.74, 6) is 2.81. The molecule has 0 radical (unpaired) electrons. The van der Waals surface area contributed by atoms with E-state index in [9.17, 15) is 4.79 Å². The molecule has 1 aliphatic heterocycles. The molecule has 0 unspecified atom stereocenters. The lowest BCUT2D eigenvalue weighted by atomic mass is 9.98. The lowest BCUT2D eigenvalue weighted by molar-refractivity contribution is 0.0977. The minimum absolute atomic E-state index is 0.0768. The van der Waals surface area contributed by atoms with Gasteiger partial charge in [-0.1, -0.05) is 48.5 Å². The topological polar surface area (TPSA) is 32.8 Å². The molecule has 1 fully saturated rings. The zero-order chi connectivity index (χ0) is 23.7. The number of amides is 1. The maximum atomic E-state index is 12.9. The number of fused-ring (bicyclic) bond motifs is 3. The van der Waals surface area contributed by atoms with Crippen molar-refractivity contribution in [3.8, 4) is 23.5 Å². The summed E-state index contributed by atoms with van der Waals surface area (Å²) in [4.78, 5) is 18.0. The Labute approximate surface area is 206 Å². The van der Waals surface area contributed by atoms with Crippen LogP contribution in [0.3, 0.4) is 0 Å². The van der Waals surface area contributed by atoms with E-state index in [1.165, 1.54) is 27.8 Å². The van der Waals surface area contributed by atoms with Crippen molar-refractivity contribution in [2.75, 3.05) is 37.7 Å². The molecule has 2 aliphatic rings. The summed E-state index contributed by atoms with van der Waals surface area (Å²) >= 11 is 4.56. The fourth-order valence-corrected chi connectivity index (χ4v) is 5.46. The van der Waals surface area contributed by atoms with E-state index in [2.05, 4.69) is 85.0 Å². The minimum Gasteiger partial charge on any atom is -0.448 e. The number of nitrogens with zero attached hydrogens (tertiary/aromatic N) is 2. The SMILES string of the molecule is C#CCc1cc(S)cc(N2CCN(C(=O)OCC3c4ccccc4-c4ccccc43)CC2)c1C. The van der Waals surface area contributed by atoms with E-state index in [4.69, 9.17) is 11.2 Å². The van der Waals surface area contributed by atoms with Crippen molar-refractivity contribution in [1.82, 2.24) is 4.90 Å². The lowest BCUT2D eigenvalue weighted by Gasteiger charge is -2.36. The predicted octanol–water partition coefficient (Wildman–Crippen LogP) is 5.53. The third-order valence-corrected chi connectivity index (χ3v) is 7.24. The minimum atomic E-state index is -0.241. The van der Waals surface area contributed by atoms with Crippen LogP contribution in [0.2, 0.25) is 0 Å². The van der Waals surface area contributed by atoms with Gasteiger partial charge in [-0.25, -0.2) is 4.79 Å². The summed E-state index contributed by atoms with van der Waals surface area (Å²) in [6.45, 7) is 5.20. The second kappa shape index (κ2) is 9.48. The highest BCUT2D eigenvalue weighted by atomic mass is 32.1. The highest BCUT2D eigenvalue weighted by Gasteiger charge is 2.30. The second-order valence-corrected chi connectivity index (χ2v) is 9.42. The maximum Gasteiger partial charge on any atom is 0.409 e. The van der Waals surface area contributed by atoms with Crippen molar-refractivity contribution in [3.05, 3.63) is 82.9 Å². The number of carbonyl (C=O) groups excluding carboxylic acids is 1. The van der Waals surface area contributed by atoms with Crippen LogP contribution in [0.4, 0.5) is 10.5 Å². The number of hydrogen-bond acceptors (Lipinski definition) is 4. The number of thiol groups is 1. The van der Waals surface area contributed by atoms with Crippen LogP contribution in [0.25, 0.3) is 11.1 Å². The third kappa shape index (κ3) is 4.15. The van der Waals surface area contributed by atoms with Crippen molar-refractivity contribution < 1.29 is 9.53 Å². The van der Waals surface area contributed by atoms with Gasteiger partial charge in [-0.05, 0) is 52.4 Å². The van der Waals surface area contributed by atoms with E-state index >= 15 is 0 Å². The molecule has 5 rings (SSSR count). The van der Waals surface area contributed by atoms with Gasteiger partial charge in [0, 0.05) is 49.1 Å². The Kier molecular flexibility index (Phi) is 6.26. The molecule has 172 valence electrons. The monoisotopic (exact) mass is 468 g/mol. The summed E-state index contributed by atoms with van der Waals surface area (Å²) in [6, 6.07) is 20.9. The molecular formula is C29H28N2O2S. The molecule has 0 saturated carbocycles. The molecule has 1 amide bonds. The fourth-order valence-electron chi connectivity index (χ4n) is 5.18. The number of ether oxygens (including phenoxy) is 1. The largest absolute Gasteiger partial charge is 0.448 e. The van der Waals surface area contributed by atoms with Gasteiger partial charge in [0.2, 0.25) is 0 Å². The molecular weight excluding hydrogens is 440 g/mol. The molecule has 0 atom stereocenters. The first-order valence-electron chi connectivity index (χ1n) is 11.7. The van der Waals surface area contributed by atoms with Crippen LogP contribution in [0.1, 0.15) is 28.2 Å². The molecule has 5 heteroatoms. The average molecular weight is 469 g/mol. The van der Waals surface area contributed by atoms with E-state index in [0.717, 1.165) is 29.2 Å². The van der Waals surface area contributed by atoms with Crippen LogP contribution in [0.5, 0.6) is 0 Å². The molecule has 0 bridgehead atoms. The Hall–Kier alpha value is -3.36. The average Bonchev–Trinajstić information content (AvgIpc) is 3.18. The number of carbonyl (C=O) groups is 1. The Bertz CT molecular complexity index is 1230. The van der Waals surface area contributed by atoms with Gasteiger partial charge >= 0.3 is 6.09 Å². The molecule has 1 aliphatic carbocycles. The Balaban J connectivity index is 1.23. The molecule has 34 heavy (non-hydrogen) atoms. The maximum absolute atomic E-state index is 12.9. The van der Waals surface area contributed by atoms with Crippen molar-refractivity contribution in [3.63, 3.8) is 0 Å². The van der Waals surface area contributed by atoms with E-state index in [-0.39, 0.29) is 12.0 Å². The number of benzene rings is 3. The fraction of sp³-hybridized carbons (Fsp3) is 0.276. The van der Waals surface area contributed by atoms with Gasteiger partial charge in [0.15, 0.2) is 0 Å². The van der Waals surface area contributed by atoms with Crippen LogP contribution >= 0.6 is 12.6 Å². The number of hydrogen-bond donors (Lipinski definition) is 1. The van der Waals surface area contributed by atoms with Gasteiger partial charge in [0.05, 0.1) is 0 Å². The van der Waals surface area contributed by atoms with Gasteiger partial charge < -0.3 is 14.5 Å². The first kappa shape index (κ1) is 22.4. The first-order chi connectivity index (χ1) is 16.6. The Morgan fingerprint density at radius 2 is 1.65 bits per heavy atom. The molecule has 0 spiro atoms. The number of piperazine rings is 1. The van der Waals surface area contributed by atoms with Crippen LogP contribution in [0, 0.1) is 19.3 Å². The number of anilines is 1. The second-order valence-electron chi connectivity index (χ2n) is 8.91. The van der Waals surface area contributed by atoms with E-state index < -0.39 is 0 Å². The summed E-state index contributed by atoms with van der Waals surface area (Å²) in [6.07, 6.45) is 5.89. The van der Waals surface area contributed by atoms with Gasteiger partial charge in [0.1, 0.15) is 6.61 Å². The normalized spacial score (nSPS) is 15.0. The van der Waals surface area contributed by atoms with Crippen molar-refractivity contribution in [2.24, 2.45) is 0 Å². The van der Waals surface area contributed by atoms with Gasteiger partial charge in [-0.2, -0.15) is 0 Å². The lowest BCUT2D eigenvalue weighted by Crippen LogP contribution is -2.49. The van der Waals surface area contributed by atoms with Crippen LogP contribution in [-0.4, -0.2) is 43.8 Å². The molecule has 3 aromatic rings. The van der Waals surface area contributed by atoms with Crippen LogP contribution < -0.4 is 4.90 Å². The standard InChI is InChI=1S/C29H28N2O2S/c1-3-8-21-17-22(34)18-28(20(21)2)30-13-15-31(16-14-30)29(32)33-19-27-25-11-6-4-9-23(25)24-10-5-7-12-26(24)27/h1,4-7,9-12,17-18,27,34H,8,13-16,19H2,2H3.